The second-order valence-electron chi connectivity index (χ2n) is 4.73. The van der Waals surface area contributed by atoms with Crippen molar-refractivity contribution in [1.82, 2.24) is 14.9 Å². The molecule has 0 bridgehead atoms. The summed E-state index contributed by atoms with van der Waals surface area (Å²) in [5, 5.41) is 5.56. The third kappa shape index (κ3) is 3.67. The maximum atomic E-state index is 4.24. The Kier molecular flexibility index (Phi) is 4.97. The van der Waals surface area contributed by atoms with Crippen LogP contribution in [0.1, 0.15) is 24.4 Å². The summed E-state index contributed by atoms with van der Waals surface area (Å²) in [4.78, 5) is 5.57. The van der Waals surface area contributed by atoms with Gasteiger partial charge in [0.15, 0.2) is 0 Å². The van der Waals surface area contributed by atoms with Gasteiger partial charge in [0, 0.05) is 22.1 Å². The smallest absolute Gasteiger partial charge is 0.0952 e. The largest absolute Gasteiger partial charge is 0.328 e. The van der Waals surface area contributed by atoms with Gasteiger partial charge < -0.3 is 9.88 Å². The number of hydrogen-bond donors (Lipinski definition) is 1. The molecule has 0 radical (unpaired) electrons. The number of thiophene rings is 1. The molecule has 0 aliphatic rings. The summed E-state index contributed by atoms with van der Waals surface area (Å²) in [5.74, 6) is 0.674. The van der Waals surface area contributed by atoms with Crippen molar-refractivity contribution >= 4 is 27.3 Å². The van der Waals surface area contributed by atoms with Crippen molar-refractivity contribution in [3.05, 3.63) is 39.0 Å². The highest BCUT2D eigenvalue weighted by molar-refractivity contribution is 9.10. The number of nitrogens with zero attached hydrogens (tertiary/aromatic N) is 2. The fourth-order valence-electron chi connectivity index (χ4n) is 1.72. The molecule has 0 unspecified atom stereocenters. The predicted molar refractivity (Wildman–Crippen MR) is 79.9 cm³/mol. The first-order valence-corrected chi connectivity index (χ1v) is 7.75. The van der Waals surface area contributed by atoms with Gasteiger partial charge in [-0.1, -0.05) is 13.8 Å². The minimum Gasteiger partial charge on any atom is -0.328 e. The van der Waals surface area contributed by atoms with Crippen molar-refractivity contribution in [1.29, 1.82) is 0 Å². The molecular weight excluding hydrogens is 310 g/mol. The second-order valence-corrected chi connectivity index (χ2v) is 6.58. The number of hydrogen-bond acceptors (Lipinski definition) is 3. The summed E-state index contributed by atoms with van der Waals surface area (Å²) in [6.07, 6.45) is 3.84. The van der Waals surface area contributed by atoms with E-state index in [-0.39, 0.29) is 0 Å². The van der Waals surface area contributed by atoms with Gasteiger partial charge in [0.05, 0.1) is 18.6 Å². The zero-order valence-electron chi connectivity index (χ0n) is 10.7. The minimum absolute atomic E-state index is 0.674. The van der Waals surface area contributed by atoms with Crippen LogP contribution in [0.4, 0.5) is 0 Å². The van der Waals surface area contributed by atoms with E-state index in [1.807, 2.05) is 12.5 Å². The third-order valence-corrected chi connectivity index (χ3v) is 4.57. The molecule has 5 heteroatoms. The molecule has 0 spiro atoms. The molecule has 0 fully saturated rings. The molecule has 0 saturated carbocycles. The highest BCUT2D eigenvalue weighted by atomic mass is 79.9. The lowest BCUT2D eigenvalue weighted by molar-refractivity contribution is 0.539. The van der Waals surface area contributed by atoms with E-state index in [4.69, 9.17) is 0 Å². The van der Waals surface area contributed by atoms with Crippen molar-refractivity contribution in [3.63, 3.8) is 0 Å². The lowest BCUT2D eigenvalue weighted by atomic mass is 10.2. The number of halogens is 1. The number of aromatic nitrogens is 2. The zero-order chi connectivity index (χ0) is 13.0. The molecule has 0 aromatic carbocycles. The zero-order valence-corrected chi connectivity index (χ0v) is 13.1. The third-order valence-electron chi connectivity index (χ3n) is 2.66. The van der Waals surface area contributed by atoms with Crippen LogP contribution in [0.5, 0.6) is 0 Å². The Morgan fingerprint density at radius 2 is 2.33 bits per heavy atom. The molecule has 0 aliphatic carbocycles. The van der Waals surface area contributed by atoms with Crippen LogP contribution in [-0.4, -0.2) is 16.1 Å². The van der Waals surface area contributed by atoms with Crippen LogP contribution in [0.3, 0.4) is 0 Å². The van der Waals surface area contributed by atoms with Gasteiger partial charge in [-0.05, 0) is 39.8 Å². The second kappa shape index (κ2) is 6.50. The first-order valence-electron chi connectivity index (χ1n) is 6.08. The molecule has 98 valence electrons. The maximum Gasteiger partial charge on any atom is 0.0952 e. The number of rotatable bonds is 6. The van der Waals surface area contributed by atoms with E-state index in [0.29, 0.717) is 5.92 Å². The first-order chi connectivity index (χ1) is 8.66. The van der Waals surface area contributed by atoms with Gasteiger partial charge in [-0.15, -0.1) is 11.3 Å². The van der Waals surface area contributed by atoms with Crippen LogP contribution in [0.25, 0.3) is 0 Å². The Balaban J connectivity index is 1.97. The summed E-state index contributed by atoms with van der Waals surface area (Å²) in [5.41, 5.74) is 1.23. The van der Waals surface area contributed by atoms with E-state index in [1.165, 1.54) is 15.0 Å². The molecule has 2 aromatic rings. The number of imidazole rings is 1. The van der Waals surface area contributed by atoms with Crippen molar-refractivity contribution in [2.24, 2.45) is 5.92 Å². The van der Waals surface area contributed by atoms with E-state index in [2.05, 4.69) is 56.1 Å². The Morgan fingerprint density at radius 1 is 1.50 bits per heavy atom. The van der Waals surface area contributed by atoms with Crippen molar-refractivity contribution in [2.75, 3.05) is 6.54 Å². The standard InChI is InChI=1S/C13H18BrN3S/c1-10(2)5-15-6-11-7-16-9-17(11)8-13-12(14)3-4-18-13/h3-4,7,9-10,15H,5-6,8H2,1-2H3. The fraction of sp³-hybridized carbons (Fsp3) is 0.462. The molecular formula is C13H18BrN3S. The van der Waals surface area contributed by atoms with Crippen LogP contribution >= 0.6 is 27.3 Å². The highest BCUT2D eigenvalue weighted by Gasteiger charge is 2.06. The van der Waals surface area contributed by atoms with E-state index < -0.39 is 0 Å². The van der Waals surface area contributed by atoms with E-state index in [1.54, 1.807) is 11.3 Å². The van der Waals surface area contributed by atoms with Gasteiger partial charge in [0.1, 0.15) is 0 Å². The summed E-state index contributed by atoms with van der Waals surface area (Å²) < 4.78 is 3.38. The summed E-state index contributed by atoms with van der Waals surface area (Å²) in [6.45, 7) is 7.23. The molecule has 2 rings (SSSR count). The van der Waals surface area contributed by atoms with Crippen molar-refractivity contribution in [3.8, 4) is 0 Å². The highest BCUT2D eigenvalue weighted by Crippen LogP contribution is 2.23. The first kappa shape index (κ1) is 13.8. The van der Waals surface area contributed by atoms with Gasteiger partial charge in [0.2, 0.25) is 0 Å². The summed E-state index contributed by atoms with van der Waals surface area (Å²) in [7, 11) is 0. The Morgan fingerprint density at radius 3 is 3.00 bits per heavy atom. The Bertz CT molecular complexity index is 490. The molecule has 2 heterocycles. The SMILES string of the molecule is CC(C)CNCc1cncn1Cc1sccc1Br. The van der Waals surface area contributed by atoms with Gasteiger partial charge in [-0.25, -0.2) is 4.98 Å². The van der Waals surface area contributed by atoms with Crippen LogP contribution in [0, 0.1) is 5.92 Å². The topological polar surface area (TPSA) is 29.9 Å². The Labute approximate surface area is 120 Å². The van der Waals surface area contributed by atoms with Crippen molar-refractivity contribution in [2.45, 2.75) is 26.9 Å². The molecule has 0 aliphatic heterocycles. The molecule has 0 saturated heterocycles. The van der Waals surface area contributed by atoms with E-state index in [0.717, 1.165) is 19.6 Å². The molecule has 0 atom stereocenters. The van der Waals surface area contributed by atoms with Crippen LogP contribution in [-0.2, 0) is 13.1 Å². The molecule has 1 N–H and O–H groups in total. The minimum atomic E-state index is 0.674. The lowest BCUT2D eigenvalue weighted by Gasteiger charge is -2.10. The van der Waals surface area contributed by atoms with Gasteiger partial charge >= 0.3 is 0 Å². The van der Waals surface area contributed by atoms with Gasteiger partial charge in [-0.2, -0.15) is 0 Å². The maximum absolute atomic E-state index is 4.24. The number of nitrogens with one attached hydrogen (secondary N) is 1. The molecule has 2 aromatic heterocycles. The quantitative estimate of drug-likeness (QED) is 0.879. The van der Waals surface area contributed by atoms with E-state index >= 15 is 0 Å². The summed E-state index contributed by atoms with van der Waals surface area (Å²) >= 11 is 5.34. The average Bonchev–Trinajstić information content (AvgIpc) is 2.90. The van der Waals surface area contributed by atoms with Crippen LogP contribution in [0.15, 0.2) is 28.4 Å². The monoisotopic (exact) mass is 327 g/mol. The molecule has 3 nitrogen and oxygen atoms in total. The van der Waals surface area contributed by atoms with Gasteiger partial charge in [-0.3, -0.25) is 0 Å². The van der Waals surface area contributed by atoms with Crippen LogP contribution < -0.4 is 5.32 Å². The molecule has 18 heavy (non-hydrogen) atoms. The average molecular weight is 328 g/mol. The van der Waals surface area contributed by atoms with Crippen molar-refractivity contribution < 1.29 is 0 Å². The fourth-order valence-corrected chi connectivity index (χ4v) is 3.19. The van der Waals surface area contributed by atoms with Gasteiger partial charge in [0.25, 0.3) is 0 Å². The predicted octanol–water partition coefficient (Wildman–Crippen LogP) is 3.50. The Hall–Kier alpha value is -0.650. The van der Waals surface area contributed by atoms with Crippen LogP contribution in [0.2, 0.25) is 0 Å². The normalized spacial score (nSPS) is 11.3. The summed E-state index contributed by atoms with van der Waals surface area (Å²) in [6, 6.07) is 2.09. The molecule has 0 amide bonds. The van der Waals surface area contributed by atoms with E-state index in [9.17, 15) is 0 Å². The lowest BCUT2D eigenvalue weighted by Crippen LogP contribution is -2.20.